The van der Waals surface area contributed by atoms with Gasteiger partial charge in [0, 0.05) is 43.8 Å². The Bertz CT molecular complexity index is 1100. The van der Waals surface area contributed by atoms with Crippen molar-refractivity contribution in [1.82, 2.24) is 24.8 Å². The van der Waals surface area contributed by atoms with E-state index in [2.05, 4.69) is 19.9 Å². The molecule has 1 N–H and O–H groups in total. The smallest absolute Gasteiger partial charge is 0.269 e. The van der Waals surface area contributed by atoms with E-state index in [0.717, 1.165) is 33.7 Å². The summed E-state index contributed by atoms with van der Waals surface area (Å²) in [6.07, 6.45) is 4.11. The molecule has 1 amide bonds. The Labute approximate surface area is 156 Å². The SMILES string of the molecule is CN(C)C(=O)c1cc2ccc(Cc3nccc(-c4ccccn4)n3)cc2[nH]1. The van der Waals surface area contributed by atoms with E-state index >= 15 is 0 Å². The molecule has 0 aliphatic carbocycles. The normalized spacial score (nSPS) is 10.9. The molecular weight excluding hydrogens is 338 g/mol. The van der Waals surface area contributed by atoms with E-state index in [1.165, 1.54) is 0 Å². The predicted octanol–water partition coefficient (Wildman–Crippen LogP) is 3.31. The van der Waals surface area contributed by atoms with E-state index in [-0.39, 0.29) is 5.91 Å². The van der Waals surface area contributed by atoms with Crippen molar-refractivity contribution in [2.24, 2.45) is 0 Å². The lowest BCUT2D eigenvalue weighted by Gasteiger charge is -2.07. The Hall–Kier alpha value is -3.54. The molecular formula is C21H19N5O. The van der Waals surface area contributed by atoms with Gasteiger partial charge in [-0.15, -0.1) is 0 Å². The monoisotopic (exact) mass is 357 g/mol. The van der Waals surface area contributed by atoms with Crippen LogP contribution in [0.3, 0.4) is 0 Å². The minimum Gasteiger partial charge on any atom is -0.351 e. The van der Waals surface area contributed by atoms with Crippen LogP contribution in [-0.2, 0) is 6.42 Å². The highest BCUT2D eigenvalue weighted by atomic mass is 16.2. The summed E-state index contributed by atoms with van der Waals surface area (Å²) in [5.74, 6) is 0.688. The first kappa shape index (κ1) is 16.9. The van der Waals surface area contributed by atoms with Crippen molar-refractivity contribution in [3.63, 3.8) is 0 Å². The summed E-state index contributed by atoms with van der Waals surface area (Å²) in [7, 11) is 3.48. The fraction of sp³-hybridized carbons (Fsp3) is 0.143. The van der Waals surface area contributed by atoms with Crippen molar-refractivity contribution in [1.29, 1.82) is 0 Å². The zero-order valence-corrected chi connectivity index (χ0v) is 15.2. The molecule has 0 aliphatic rings. The lowest BCUT2D eigenvalue weighted by Crippen LogP contribution is -2.21. The summed E-state index contributed by atoms with van der Waals surface area (Å²) in [5.41, 5.74) is 4.22. The molecule has 0 saturated heterocycles. The molecule has 0 fully saturated rings. The van der Waals surface area contributed by atoms with Crippen LogP contribution >= 0.6 is 0 Å². The van der Waals surface area contributed by atoms with Gasteiger partial charge in [-0.3, -0.25) is 9.78 Å². The maximum atomic E-state index is 12.1. The summed E-state index contributed by atoms with van der Waals surface area (Å²) >= 11 is 0. The molecule has 0 aliphatic heterocycles. The third-order valence-corrected chi connectivity index (χ3v) is 4.32. The van der Waals surface area contributed by atoms with Gasteiger partial charge in [0.1, 0.15) is 11.5 Å². The number of aromatic amines is 1. The maximum Gasteiger partial charge on any atom is 0.269 e. The average molecular weight is 357 g/mol. The number of rotatable bonds is 4. The van der Waals surface area contributed by atoms with Crippen LogP contribution in [0, 0.1) is 0 Å². The second kappa shape index (κ2) is 6.99. The Balaban J connectivity index is 1.61. The van der Waals surface area contributed by atoms with Gasteiger partial charge in [-0.05, 0) is 35.9 Å². The van der Waals surface area contributed by atoms with Crippen LogP contribution < -0.4 is 0 Å². The topological polar surface area (TPSA) is 74.8 Å². The first-order chi connectivity index (χ1) is 13.1. The van der Waals surface area contributed by atoms with Crippen LogP contribution in [0.15, 0.2) is 60.9 Å². The second-order valence-corrected chi connectivity index (χ2v) is 6.55. The molecule has 3 aromatic heterocycles. The molecule has 0 spiro atoms. The second-order valence-electron chi connectivity index (χ2n) is 6.55. The average Bonchev–Trinajstić information content (AvgIpc) is 3.11. The number of fused-ring (bicyclic) bond motifs is 1. The van der Waals surface area contributed by atoms with Gasteiger partial charge in [-0.2, -0.15) is 0 Å². The molecule has 0 bridgehead atoms. The first-order valence-corrected chi connectivity index (χ1v) is 8.67. The fourth-order valence-electron chi connectivity index (χ4n) is 2.96. The summed E-state index contributed by atoms with van der Waals surface area (Å²) in [6.45, 7) is 0. The molecule has 6 nitrogen and oxygen atoms in total. The molecule has 1 aromatic carbocycles. The van der Waals surface area contributed by atoms with Gasteiger partial charge < -0.3 is 9.88 Å². The molecule has 0 radical (unpaired) electrons. The van der Waals surface area contributed by atoms with Crippen molar-refractivity contribution in [3.8, 4) is 11.4 Å². The van der Waals surface area contributed by atoms with Crippen molar-refractivity contribution >= 4 is 16.8 Å². The van der Waals surface area contributed by atoms with Gasteiger partial charge in [0.25, 0.3) is 5.91 Å². The number of nitrogens with one attached hydrogen (secondary N) is 1. The van der Waals surface area contributed by atoms with E-state index < -0.39 is 0 Å². The Kier molecular flexibility index (Phi) is 4.38. The Morgan fingerprint density at radius 2 is 1.89 bits per heavy atom. The molecule has 6 heteroatoms. The van der Waals surface area contributed by atoms with Crippen LogP contribution in [0.4, 0.5) is 0 Å². The standard InChI is InChI=1S/C21H19N5O/c1-26(2)21(27)19-13-15-7-6-14(11-18(15)24-19)12-20-23-10-8-17(25-20)16-5-3-4-9-22-16/h3-11,13,24H,12H2,1-2H3. The molecule has 4 aromatic rings. The van der Waals surface area contributed by atoms with Gasteiger partial charge in [-0.25, -0.2) is 9.97 Å². The Morgan fingerprint density at radius 3 is 2.67 bits per heavy atom. The number of nitrogens with zero attached hydrogens (tertiary/aromatic N) is 4. The van der Waals surface area contributed by atoms with Gasteiger partial charge in [-0.1, -0.05) is 18.2 Å². The largest absolute Gasteiger partial charge is 0.351 e. The van der Waals surface area contributed by atoms with Crippen molar-refractivity contribution < 1.29 is 4.79 Å². The van der Waals surface area contributed by atoms with Crippen LogP contribution in [0.1, 0.15) is 21.9 Å². The Morgan fingerprint density at radius 1 is 1.00 bits per heavy atom. The van der Waals surface area contributed by atoms with Gasteiger partial charge in [0.15, 0.2) is 0 Å². The van der Waals surface area contributed by atoms with E-state index in [9.17, 15) is 4.79 Å². The van der Waals surface area contributed by atoms with Crippen molar-refractivity contribution in [2.75, 3.05) is 14.1 Å². The predicted molar refractivity (Wildman–Crippen MR) is 104 cm³/mol. The van der Waals surface area contributed by atoms with Crippen molar-refractivity contribution in [3.05, 3.63) is 78.0 Å². The minimum absolute atomic E-state index is 0.0425. The number of benzene rings is 1. The molecule has 0 saturated carbocycles. The van der Waals surface area contributed by atoms with E-state index in [4.69, 9.17) is 0 Å². The lowest BCUT2D eigenvalue weighted by molar-refractivity contribution is 0.0823. The number of aromatic nitrogens is 4. The maximum absolute atomic E-state index is 12.1. The zero-order valence-electron chi connectivity index (χ0n) is 15.2. The highest BCUT2D eigenvalue weighted by Gasteiger charge is 2.12. The number of H-pyrrole nitrogens is 1. The summed E-state index contributed by atoms with van der Waals surface area (Å²) in [4.78, 5) is 30.2. The van der Waals surface area contributed by atoms with Crippen LogP contribution in [0.25, 0.3) is 22.3 Å². The van der Waals surface area contributed by atoms with Crippen LogP contribution in [0.5, 0.6) is 0 Å². The lowest BCUT2D eigenvalue weighted by atomic mass is 10.1. The van der Waals surface area contributed by atoms with Gasteiger partial charge in [0.05, 0.1) is 11.4 Å². The summed E-state index contributed by atoms with van der Waals surface area (Å²) < 4.78 is 0. The minimum atomic E-state index is -0.0425. The quantitative estimate of drug-likeness (QED) is 0.608. The molecule has 134 valence electrons. The van der Waals surface area contributed by atoms with E-state index in [0.29, 0.717) is 12.1 Å². The van der Waals surface area contributed by atoms with E-state index in [1.54, 1.807) is 31.4 Å². The zero-order chi connectivity index (χ0) is 18.8. The first-order valence-electron chi connectivity index (χ1n) is 8.67. The molecule has 0 atom stereocenters. The molecule has 3 heterocycles. The van der Waals surface area contributed by atoms with E-state index in [1.807, 2.05) is 48.5 Å². The third-order valence-electron chi connectivity index (χ3n) is 4.32. The number of pyridine rings is 1. The number of carbonyl (C=O) groups excluding carboxylic acids is 1. The highest BCUT2D eigenvalue weighted by Crippen LogP contribution is 2.20. The van der Waals surface area contributed by atoms with Crippen LogP contribution in [0.2, 0.25) is 0 Å². The molecule has 4 rings (SSSR count). The van der Waals surface area contributed by atoms with Crippen molar-refractivity contribution in [2.45, 2.75) is 6.42 Å². The molecule has 0 unspecified atom stereocenters. The highest BCUT2D eigenvalue weighted by molar-refractivity contribution is 5.97. The fourth-order valence-corrected chi connectivity index (χ4v) is 2.96. The number of hydrogen-bond acceptors (Lipinski definition) is 4. The van der Waals surface area contributed by atoms with Gasteiger partial charge in [0.2, 0.25) is 0 Å². The third kappa shape index (κ3) is 3.55. The summed E-state index contributed by atoms with van der Waals surface area (Å²) in [5, 5.41) is 1.01. The number of carbonyl (C=O) groups is 1. The van der Waals surface area contributed by atoms with Gasteiger partial charge >= 0.3 is 0 Å². The summed E-state index contributed by atoms with van der Waals surface area (Å²) in [6, 6.07) is 15.6. The number of amides is 1. The molecule has 27 heavy (non-hydrogen) atoms. The van der Waals surface area contributed by atoms with Crippen LogP contribution in [-0.4, -0.2) is 44.8 Å². The number of hydrogen-bond donors (Lipinski definition) is 1.